The van der Waals surface area contributed by atoms with Gasteiger partial charge in [0.25, 0.3) is 0 Å². The van der Waals surface area contributed by atoms with Gasteiger partial charge in [-0.15, -0.1) is 0 Å². The van der Waals surface area contributed by atoms with E-state index >= 15 is 0 Å². The largest absolute Gasteiger partial charge is 0.310 e. The molecule has 0 aromatic carbocycles. The van der Waals surface area contributed by atoms with Crippen molar-refractivity contribution in [3.63, 3.8) is 0 Å². The van der Waals surface area contributed by atoms with E-state index in [-0.39, 0.29) is 0 Å². The summed E-state index contributed by atoms with van der Waals surface area (Å²) in [6.07, 6.45) is 5.83. The highest BCUT2D eigenvalue weighted by atomic mass is 15.3. The Hall–Kier alpha value is -1.75. The zero-order chi connectivity index (χ0) is 13.2. The average molecular weight is 257 g/mol. The van der Waals surface area contributed by atoms with Crippen LogP contribution >= 0.6 is 0 Å². The van der Waals surface area contributed by atoms with Crippen LogP contribution in [-0.4, -0.2) is 25.8 Å². The summed E-state index contributed by atoms with van der Waals surface area (Å²) >= 11 is 0. The van der Waals surface area contributed by atoms with Gasteiger partial charge in [0.1, 0.15) is 12.7 Å². The summed E-state index contributed by atoms with van der Waals surface area (Å²) in [6, 6.07) is 4.97. The average Bonchev–Trinajstić information content (AvgIpc) is 3.07. The van der Waals surface area contributed by atoms with Crippen LogP contribution in [0.15, 0.2) is 24.8 Å². The molecule has 2 aromatic rings. The molecule has 1 fully saturated rings. The van der Waals surface area contributed by atoms with Crippen molar-refractivity contribution in [3.05, 3.63) is 36.0 Å². The van der Waals surface area contributed by atoms with Crippen LogP contribution in [0.2, 0.25) is 0 Å². The zero-order valence-electron chi connectivity index (χ0n) is 11.4. The van der Waals surface area contributed by atoms with Gasteiger partial charge in [0.15, 0.2) is 5.82 Å². The molecule has 1 N–H and O–H groups in total. The van der Waals surface area contributed by atoms with Crippen LogP contribution in [0.3, 0.4) is 0 Å². The molecule has 19 heavy (non-hydrogen) atoms. The van der Waals surface area contributed by atoms with Gasteiger partial charge in [-0.05, 0) is 36.5 Å². The van der Waals surface area contributed by atoms with Crippen LogP contribution in [0.25, 0.3) is 5.82 Å². The van der Waals surface area contributed by atoms with Gasteiger partial charge in [-0.3, -0.25) is 0 Å². The second kappa shape index (κ2) is 5.09. The summed E-state index contributed by atoms with van der Waals surface area (Å²) in [5.74, 6) is 1.25. The van der Waals surface area contributed by atoms with Crippen molar-refractivity contribution >= 4 is 0 Å². The molecular weight excluding hydrogens is 238 g/mol. The van der Waals surface area contributed by atoms with Crippen molar-refractivity contribution in [3.8, 4) is 5.82 Å². The molecule has 2 heterocycles. The number of pyridine rings is 1. The van der Waals surface area contributed by atoms with E-state index in [1.165, 1.54) is 24.7 Å². The Morgan fingerprint density at radius 3 is 2.84 bits per heavy atom. The van der Waals surface area contributed by atoms with Gasteiger partial charge in [0.2, 0.25) is 0 Å². The maximum absolute atomic E-state index is 4.65. The number of aromatic nitrogens is 4. The number of nitrogens with one attached hydrogen (secondary N) is 1. The molecular formula is C14H19N5. The molecule has 5 heteroatoms. The highest BCUT2D eigenvalue weighted by molar-refractivity contribution is 5.31. The number of hydrogen-bond acceptors (Lipinski definition) is 4. The van der Waals surface area contributed by atoms with Crippen molar-refractivity contribution in [2.24, 2.45) is 0 Å². The molecule has 0 amide bonds. The third kappa shape index (κ3) is 2.98. The van der Waals surface area contributed by atoms with Gasteiger partial charge < -0.3 is 5.32 Å². The lowest BCUT2D eigenvalue weighted by molar-refractivity contribution is 0.681. The molecule has 0 atom stereocenters. The van der Waals surface area contributed by atoms with Gasteiger partial charge in [-0.25, -0.2) is 14.6 Å². The topological polar surface area (TPSA) is 55.6 Å². The van der Waals surface area contributed by atoms with E-state index in [1.54, 1.807) is 11.0 Å². The Bertz CT molecular complexity index is 543. The van der Waals surface area contributed by atoms with Gasteiger partial charge in [-0.2, -0.15) is 5.10 Å². The highest BCUT2D eigenvalue weighted by Crippen LogP contribution is 2.21. The number of rotatable bonds is 5. The molecule has 0 bridgehead atoms. The Balaban J connectivity index is 1.89. The summed E-state index contributed by atoms with van der Waals surface area (Å²) in [5.41, 5.74) is 2.36. The van der Waals surface area contributed by atoms with E-state index in [2.05, 4.69) is 46.4 Å². The fourth-order valence-electron chi connectivity index (χ4n) is 1.99. The Morgan fingerprint density at radius 2 is 2.21 bits per heavy atom. The third-order valence-electron chi connectivity index (χ3n) is 3.31. The molecule has 1 aliphatic carbocycles. The van der Waals surface area contributed by atoms with Crippen LogP contribution in [0.4, 0.5) is 0 Å². The molecule has 0 aliphatic heterocycles. The molecule has 5 nitrogen and oxygen atoms in total. The standard InChI is InChI=1S/C14H19N5/c1-10(2)13-5-11(7-16-12-3-4-12)6-14(18-13)19-9-15-8-17-19/h5-6,8-10,12,16H,3-4,7H2,1-2H3. The lowest BCUT2D eigenvalue weighted by Crippen LogP contribution is -2.16. The van der Waals surface area contributed by atoms with Crippen LogP contribution < -0.4 is 5.32 Å². The summed E-state index contributed by atoms with van der Waals surface area (Å²) in [4.78, 5) is 8.63. The van der Waals surface area contributed by atoms with Crippen molar-refractivity contribution < 1.29 is 0 Å². The molecule has 100 valence electrons. The first kappa shape index (κ1) is 12.3. The SMILES string of the molecule is CC(C)c1cc(CNC2CC2)cc(-n2cncn2)n1. The van der Waals surface area contributed by atoms with Crippen molar-refractivity contribution in [2.45, 2.75) is 45.2 Å². The number of hydrogen-bond donors (Lipinski definition) is 1. The summed E-state index contributed by atoms with van der Waals surface area (Å²) in [6.45, 7) is 5.21. The Labute approximate surface area is 113 Å². The smallest absolute Gasteiger partial charge is 0.155 e. The van der Waals surface area contributed by atoms with Crippen molar-refractivity contribution in [1.29, 1.82) is 0 Å². The van der Waals surface area contributed by atoms with Crippen molar-refractivity contribution in [1.82, 2.24) is 25.1 Å². The van der Waals surface area contributed by atoms with Crippen LogP contribution in [0.1, 0.15) is 43.9 Å². The zero-order valence-corrected chi connectivity index (χ0v) is 11.4. The fourth-order valence-corrected chi connectivity index (χ4v) is 1.99. The minimum atomic E-state index is 0.406. The third-order valence-corrected chi connectivity index (χ3v) is 3.31. The molecule has 0 unspecified atom stereocenters. The molecule has 0 saturated heterocycles. The second-order valence-electron chi connectivity index (χ2n) is 5.41. The lowest BCUT2D eigenvalue weighted by atomic mass is 10.1. The van der Waals surface area contributed by atoms with Crippen LogP contribution in [0.5, 0.6) is 0 Å². The van der Waals surface area contributed by atoms with E-state index < -0.39 is 0 Å². The Morgan fingerprint density at radius 1 is 1.37 bits per heavy atom. The van der Waals surface area contributed by atoms with Crippen LogP contribution in [0, 0.1) is 0 Å². The second-order valence-corrected chi connectivity index (χ2v) is 5.41. The van der Waals surface area contributed by atoms with Crippen LogP contribution in [-0.2, 0) is 6.54 Å². The highest BCUT2D eigenvalue weighted by Gasteiger charge is 2.20. The molecule has 0 spiro atoms. The minimum absolute atomic E-state index is 0.406. The summed E-state index contributed by atoms with van der Waals surface area (Å²) in [7, 11) is 0. The monoisotopic (exact) mass is 257 g/mol. The van der Waals surface area contributed by atoms with E-state index in [9.17, 15) is 0 Å². The van der Waals surface area contributed by atoms with Gasteiger partial charge in [0.05, 0.1) is 0 Å². The molecule has 2 aromatic heterocycles. The first-order chi connectivity index (χ1) is 9.22. The first-order valence-corrected chi connectivity index (χ1v) is 6.81. The quantitative estimate of drug-likeness (QED) is 0.890. The predicted octanol–water partition coefficient (Wildman–Crippen LogP) is 2.04. The predicted molar refractivity (Wildman–Crippen MR) is 73.1 cm³/mol. The van der Waals surface area contributed by atoms with E-state index in [0.29, 0.717) is 12.0 Å². The van der Waals surface area contributed by atoms with E-state index in [0.717, 1.165) is 18.1 Å². The Kier molecular flexibility index (Phi) is 3.29. The van der Waals surface area contributed by atoms with Gasteiger partial charge in [0, 0.05) is 18.3 Å². The fraction of sp³-hybridized carbons (Fsp3) is 0.500. The number of nitrogens with zero attached hydrogens (tertiary/aromatic N) is 4. The molecule has 0 radical (unpaired) electrons. The summed E-state index contributed by atoms with van der Waals surface area (Å²) < 4.78 is 1.71. The normalized spacial score (nSPS) is 15.1. The van der Waals surface area contributed by atoms with Crippen molar-refractivity contribution in [2.75, 3.05) is 0 Å². The van der Waals surface area contributed by atoms with E-state index in [4.69, 9.17) is 0 Å². The minimum Gasteiger partial charge on any atom is -0.310 e. The summed E-state index contributed by atoms with van der Waals surface area (Å²) in [5, 5.41) is 7.70. The first-order valence-electron chi connectivity index (χ1n) is 6.81. The van der Waals surface area contributed by atoms with E-state index in [1.807, 2.05) is 0 Å². The maximum atomic E-state index is 4.65. The maximum Gasteiger partial charge on any atom is 0.155 e. The van der Waals surface area contributed by atoms with Gasteiger partial charge in [-0.1, -0.05) is 13.8 Å². The van der Waals surface area contributed by atoms with Gasteiger partial charge >= 0.3 is 0 Å². The molecule has 3 rings (SSSR count). The molecule has 1 saturated carbocycles. The molecule has 1 aliphatic rings. The lowest BCUT2D eigenvalue weighted by Gasteiger charge is -2.11.